The van der Waals surface area contributed by atoms with Gasteiger partial charge in [-0.1, -0.05) is 29.8 Å². The van der Waals surface area contributed by atoms with Gasteiger partial charge in [-0.25, -0.2) is 9.36 Å². The van der Waals surface area contributed by atoms with Crippen LogP contribution in [0.2, 0.25) is 0 Å². The maximum absolute atomic E-state index is 13.9. The molecule has 2 heterocycles. The van der Waals surface area contributed by atoms with Crippen LogP contribution < -0.4 is 21.3 Å². The number of anilines is 1. The first kappa shape index (κ1) is 24.1. The van der Waals surface area contributed by atoms with Crippen LogP contribution in [0.3, 0.4) is 0 Å². The number of ether oxygens (including phenoxy) is 1. The average molecular weight is 497 g/mol. The molecule has 8 nitrogen and oxygen atoms in total. The second kappa shape index (κ2) is 9.13. The van der Waals surface area contributed by atoms with Crippen molar-refractivity contribution < 1.29 is 9.53 Å². The van der Waals surface area contributed by atoms with Crippen LogP contribution >= 0.6 is 0 Å². The van der Waals surface area contributed by atoms with Gasteiger partial charge in [0.2, 0.25) is 5.91 Å². The summed E-state index contributed by atoms with van der Waals surface area (Å²) in [7, 11) is 3.34. The highest BCUT2D eigenvalue weighted by Crippen LogP contribution is 2.29. The van der Waals surface area contributed by atoms with Gasteiger partial charge in [0.1, 0.15) is 17.8 Å². The Hall–Kier alpha value is -4.59. The molecule has 0 bridgehead atoms. The molecule has 0 saturated carbocycles. The Labute approximate surface area is 213 Å². The molecule has 1 amide bonds. The van der Waals surface area contributed by atoms with E-state index in [1.807, 2.05) is 57.2 Å². The van der Waals surface area contributed by atoms with Crippen molar-refractivity contribution >= 4 is 33.5 Å². The van der Waals surface area contributed by atoms with E-state index in [0.717, 1.165) is 26.8 Å². The summed E-state index contributed by atoms with van der Waals surface area (Å²) in [5, 5.41) is 3.59. The van der Waals surface area contributed by atoms with Crippen molar-refractivity contribution in [2.75, 3.05) is 12.4 Å². The Bertz CT molecular complexity index is 1810. The predicted octanol–water partition coefficient (Wildman–Crippen LogP) is 4.22. The standard InChI is InChI=1S/C29H28N4O4/c1-17-7-10-20(11-8-17)33-28(35)27-26(22-15-21(37-5)12-13-24(22)31(27)4)32(29(33)36)16-25(34)30-23-14-18(2)6-9-19(23)3/h6-15H,16H2,1-5H3,(H,30,34). The lowest BCUT2D eigenvalue weighted by atomic mass is 10.1. The van der Waals surface area contributed by atoms with E-state index in [1.54, 1.807) is 43.0 Å². The largest absolute Gasteiger partial charge is 0.497 e. The molecule has 0 radical (unpaired) electrons. The molecule has 37 heavy (non-hydrogen) atoms. The maximum atomic E-state index is 13.9. The molecule has 0 aliphatic carbocycles. The summed E-state index contributed by atoms with van der Waals surface area (Å²) >= 11 is 0. The van der Waals surface area contributed by atoms with Crippen LogP contribution in [0.25, 0.3) is 27.6 Å². The van der Waals surface area contributed by atoms with E-state index in [0.29, 0.717) is 33.5 Å². The first-order valence-electron chi connectivity index (χ1n) is 12.0. The van der Waals surface area contributed by atoms with E-state index in [-0.39, 0.29) is 12.5 Å². The highest BCUT2D eigenvalue weighted by molar-refractivity contribution is 6.07. The summed E-state index contributed by atoms with van der Waals surface area (Å²) in [6.07, 6.45) is 0. The zero-order valence-electron chi connectivity index (χ0n) is 21.5. The number of nitrogens with one attached hydrogen (secondary N) is 1. The molecule has 0 saturated heterocycles. The summed E-state index contributed by atoms with van der Waals surface area (Å²) in [4.78, 5) is 41.0. The molecule has 8 heteroatoms. The smallest absolute Gasteiger partial charge is 0.336 e. The minimum atomic E-state index is -0.590. The number of methoxy groups -OCH3 is 1. The van der Waals surface area contributed by atoms with Crippen molar-refractivity contribution in [2.24, 2.45) is 7.05 Å². The zero-order valence-corrected chi connectivity index (χ0v) is 21.5. The normalized spacial score (nSPS) is 11.3. The molecule has 0 atom stereocenters. The fourth-order valence-corrected chi connectivity index (χ4v) is 4.73. The van der Waals surface area contributed by atoms with Crippen LogP contribution in [-0.2, 0) is 18.4 Å². The van der Waals surface area contributed by atoms with Crippen LogP contribution in [0.1, 0.15) is 16.7 Å². The van der Waals surface area contributed by atoms with Crippen LogP contribution in [0.5, 0.6) is 5.75 Å². The van der Waals surface area contributed by atoms with Crippen molar-refractivity contribution in [3.05, 3.63) is 98.2 Å². The van der Waals surface area contributed by atoms with Crippen LogP contribution in [0.4, 0.5) is 5.69 Å². The number of carbonyl (C=O) groups is 1. The van der Waals surface area contributed by atoms with Crippen molar-refractivity contribution in [3.63, 3.8) is 0 Å². The summed E-state index contributed by atoms with van der Waals surface area (Å²) in [5.74, 6) is 0.215. The van der Waals surface area contributed by atoms with E-state index < -0.39 is 11.2 Å². The molecule has 0 unspecified atom stereocenters. The molecule has 5 rings (SSSR count). The molecule has 0 spiro atoms. The Kier molecular flexibility index (Phi) is 5.95. The Morgan fingerprint density at radius 2 is 1.59 bits per heavy atom. The quantitative estimate of drug-likeness (QED) is 0.395. The van der Waals surface area contributed by atoms with Crippen molar-refractivity contribution in [2.45, 2.75) is 27.3 Å². The average Bonchev–Trinajstić information content (AvgIpc) is 3.17. The molecule has 1 N–H and O–H groups in total. The number of aromatic nitrogens is 3. The van der Waals surface area contributed by atoms with Gasteiger partial charge in [0, 0.05) is 18.1 Å². The van der Waals surface area contributed by atoms with Crippen molar-refractivity contribution in [3.8, 4) is 11.4 Å². The molecule has 3 aromatic carbocycles. The summed E-state index contributed by atoms with van der Waals surface area (Å²) < 4.78 is 9.67. The van der Waals surface area contributed by atoms with Gasteiger partial charge in [0.05, 0.1) is 23.8 Å². The van der Waals surface area contributed by atoms with Gasteiger partial charge in [0.25, 0.3) is 5.56 Å². The topological polar surface area (TPSA) is 87.3 Å². The number of amides is 1. The second-order valence-corrected chi connectivity index (χ2v) is 9.35. The lowest BCUT2D eigenvalue weighted by Gasteiger charge is -2.14. The third-order valence-electron chi connectivity index (χ3n) is 6.74. The van der Waals surface area contributed by atoms with Gasteiger partial charge >= 0.3 is 5.69 Å². The number of fused-ring (bicyclic) bond motifs is 3. The lowest BCUT2D eigenvalue weighted by molar-refractivity contribution is -0.116. The first-order chi connectivity index (χ1) is 17.7. The fourth-order valence-electron chi connectivity index (χ4n) is 4.73. The minimum absolute atomic E-state index is 0.273. The number of hydrogen-bond acceptors (Lipinski definition) is 4. The van der Waals surface area contributed by atoms with Crippen molar-refractivity contribution in [1.82, 2.24) is 13.7 Å². The monoisotopic (exact) mass is 496 g/mol. The maximum Gasteiger partial charge on any atom is 0.336 e. The van der Waals surface area contributed by atoms with Gasteiger partial charge in [-0.2, -0.15) is 0 Å². The Morgan fingerprint density at radius 3 is 2.30 bits per heavy atom. The van der Waals surface area contributed by atoms with Crippen LogP contribution in [0.15, 0.2) is 70.3 Å². The summed E-state index contributed by atoms with van der Waals surface area (Å²) in [6, 6.07) is 18.4. The third kappa shape index (κ3) is 4.10. The van der Waals surface area contributed by atoms with Gasteiger partial charge in [-0.05, 0) is 68.3 Å². The number of hydrogen-bond donors (Lipinski definition) is 1. The highest BCUT2D eigenvalue weighted by Gasteiger charge is 2.23. The van der Waals surface area contributed by atoms with E-state index in [4.69, 9.17) is 4.74 Å². The minimum Gasteiger partial charge on any atom is -0.497 e. The SMILES string of the molecule is COc1ccc2c(c1)c1c(c(=O)n(-c3ccc(C)cc3)c(=O)n1CC(=O)Nc1cc(C)ccc1C)n2C. The second-order valence-electron chi connectivity index (χ2n) is 9.35. The molecule has 5 aromatic rings. The van der Waals surface area contributed by atoms with Crippen molar-refractivity contribution in [1.29, 1.82) is 0 Å². The van der Waals surface area contributed by atoms with Crippen LogP contribution in [0, 0.1) is 20.8 Å². The number of rotatable bonds is 5. The lowest BCUT2D eigenvalue weighted by Crippen LogP contribution is -2.41. The number of carbonyl (C=O) groups excluding carboxylic acids is 1. The molecular weight excluding hydrogens is 468 g/mol. The molecule has 0 aliphatic rings. The predicted molar refractivity (Wildman–Crippen MR) is 146 cm³/mol. The summed E-state index contributed by atoms with van der Waals surface area (Å²) in [6.45, 7) is 5.52. The molecule has 188 valence electrons. The van der Waals surface area contributed by atoms with Gasteiger partial charge < -0.3 is 14.6 Å². The first-order valence-corrected chi connectivity index (χ1v) is 12.0. The molecule has 0 fully saturated rings. The molecule has 0 aliphatic heterocycles. The Morgan fingerprint density at radius 1 is 0.892 bits per heavy atom. The highest BCUT2D eigenvalue weighted by atomic mass is 16.5. The Balaban J connectivity index is 1.78. The number of nitrogens with zero attached hydrogens (tertiary/aromatic N) is 3. The van der Waals surface area contributed by atoms with E-state index >= 15 is 0 Å². The number of benzene rings is 3. The summed E-state index contributed by atoms with van der Waals surface area (Å²) in [5.41, 5.74) is 4.47. The van der Waals surface area contributed by atoms with Crippen LogP contribution in [-0.4, -0.2) is 26.7 Å². The van der Waals surface area contributed by atoms with Gasteiger partial charge in [-0.3, -0.25) is 14.2 Å². The van der Waals surface area contributed by atoms with E-state index in [1.165, 1.54) is 4.57 Å². The zero-order chi connectivity index (χ0) is 26.4. The third-order valence-corrected chi connectivity index (χ3v) is 6.74. The van der Waals surface area contributed by atoms with E-state index in [2.05, 4.69) is 5.32 Å². The van der Waals surface area contributed by atoms with E-state index in [9.17, 15) is 14.4 Å². The van der Waals surface area contributed by atoms with Gasteiger partial charge in [-0.15, -0.1) is 0 Å². The van der Waals surface area contributed by atoms with Gasteiger partial charge in [0.15, 0.2) is 0 Å². The number of aryl methyl sites for hydroxylation is 4. The molecular formula is C29H28N4O4. The molecule has 2 aromatic heterocycles. The fraction of sp³-hybridized carbons (Fsp3) is 0.207.